The Morgan fingerprint density at radius 1 is 1.19 bits per heavy atom. The van der Waals surface area contributed by atoms with Gasteiger partial charge in [0.1, 0.15) is 11.6 Å². The highest BCUT2D eigenvalue weighted by molar-refractivity contribution is 9.10. The Labute approximate surface area is 138 Å². The minimum absolute atomic E-state index is 0.235. The van der Waals surface area contributed by atoms with Crippen LogP contribution in [-0.2, 0) is 12.8 Å². The van der Waals surface area contributed by atoms with E-state index in [1.54, 1.807) is 7.11 Å². The van der Waals surface area contributed by atoms with Crippen LogP contribution in [0.2, 0.25) is 0 Å². The lowest BCUT2D eigenvalue weighted by Crippen LogP contribution is -2.10. The molecule has 1 atom stereocenters. The number of hydrogen-bond donors (Lipinski definition) is 0. The van der Waals surface area contributed by atoms with Crippen LogP contribution in [0.25, 0.3) is 0 Å². The van der Waals surface area contributed by atoms with Crippen molar-refractivity contribution in [2.24, 2.45) is 5.92 Å². The minimum Gasteiger partial charge on any atom is -0.497 e. The fraction of sp³-hybridized carbons (Fsp3) is 0.294. The number of methoxy groups -OCH3 is 1. The maximum absolute atomic E-state index is 13.1. The Morgan fingerprint density at radius 2 is 2.00 bits per heavy atom. The summed E-state index contributed by atoms with van der Waals surface area (Å²) in [6.45, 7) is 0. The molecule has 0 bridgehead atoms. The molecule has 4 heteroatoms. The van der Waals surface area contributed by atoms with Crippen molar-refractivity contribution in [1.82, 2.24) is 0 Å². The number of alkyl halides is 1. The van der Waals surface area contributed by atoms with Crippen molar-refractivity contribution >= 4 is 27.5 Å². The van der Waals surface area contributed by atoms with E-state index in [9.17, 15) is 4.39 Å². The number of benzene rings is 2. The molecular formula is C17H17BrClFO. The van der Waals surface area contributed by atoms with Crippen molar-refractivity contribution < 1.29 is 9.13 Å². The van der Waals surface area contributed by atoms with Gasteiger partial charge in [0.25, 0.3) is 0 Å². The first-order valence-electron chi connectivity index (χ1n) is 6.75. The molecule has 0 radical (unpaired) electrons. The maximum atomic E-state index is 13.1. The summed E-state index contributed by atoms with van der Waals surface area (Å²) in [5.41, 5.74) is 2.27. The van der Waals surface area contributed by atoms with Gasteiger partial charge in [-0.15, -0.1) is 11.6 Å². The monoisotopic (exact) mass is 370 g/mol. The van der Waals surface area contributed by atoms with Crippen LogP contribution in [0.1, 0.15) is 11.1 Å². The summed E-state index contributed by atoms with van der Waals surface area (Å²) < 4.78 is 19.2. The lowest BCUT2D eigenvalue weighted by Gasteiger charge is -2.15. The predicted octanol–water partition coefficient (Wildman–Crippen LogP) is 5.24. The zero-order chi connectivity index (χ0) is 15.2. The SMILES string of the molecule is COc1cccc(CC(CCl)Cc2ccc(F)cc2Br)c1. The Kier molecular flexibility index (Phi) is 6.07. The molecule has 0 aliphatic carbocycles. The van der Waals surface area contributed by atoms with Crippen LogP contribution in [0.3, 0.4) is 0 Å². The summed E-state index contributed by atoms with van der Waals surface area (Å²) in [5, 5.41) is 0. The summed E-state index contributed by atoms with van der Waals surface area (Å²) in [6, 6.07) is 12.8. The number of halogens is 3. The molecule has 112 valence electrons. The molecule has 21 heavy (non-hydrogen) atoms. The average Bonchev–Trinajstić information content (AvgIpc) is 2.49. The number of rotatable bonds is 6. The van der Waals surface area contributed by atoms with E-state index in [0.717, 1.165) is 28.6 Å². The highest BCUT2D eigenvalue weighted by atomic mass is 79.9. The highest BCUT2D eigenvalue weighted by Gasteiger charge is 2.12. The van der Waals surface area contributed by atoms with Crippen molar-refractivity contribution in [1.29, 1.82) is 0 Å². The van der Waals surface area contributed by atoms with Crippen LogP contribution >= 0.6 is 27.5 Å². The molecule has 0 aliphatic heterocycles. The van der Waals surface area contributed by atoms with E-state index in [1.165, 1.54) is 17.7 Å². The zero-order valence-corrected chi connectivity index (χ0v) is 14.1. The molecule has 1 nitrogen and oxygen atoms in total. The van der Waals surface area contributed by atoms with E-state index in [4.69, 9.17) is 16.3 Å². The molecule has 0 aromatic heterocycles. The Bertz CT molecular complexity index is 603. The van der Waals surface area contributed by atoms with Gasteiger partial charge in [0.2, 0.25) is 0 Å². The van der Waals surface area contributed by atoms with Gasteiger partial charge in [-0.2, -0.15) is 0 Å². The molecule has 0 aliphatic rings. The number of hydrogen-bond acceptors (Lipinski definition) is 1. The van der Waals surface area contributed by atoms with Gasteiger partial charge in [-0.3, -0.25) is 0 Å². The van der Waals surface area contributed by atoms with E-state index in [2.05, 4.69) is 22.0 Å². The van der Waals surface area contributed by atoms with E-state index in [1.807, 2.05) is 24.3 Å². The molecule has 2 rings (SSSR count). The van der Waals surface area contributed by atoms with Gasteiger partial charge in [0, 0.05) is 10.4 Å². The van der Waals surface area contributed by atoms with Crippen LogP contribution in [0.15, 0.2) is 46.9 Å². The molecule has 0 N–H and O–H groups in total. The van der Waals surface area contributed by atoms with Gasteiger partial charge in [0.15, 0.2) is 0 Å². The molecule has 2 aromatic rings. The first kappa shape index (κ1) is 16.3. The summed E-state index contributed by atoms with van der Waals surface area (Å²) in [7, 11) is 1.66. The van der Waals surface area contributed by atoms with Crippen molar-refractivity contribution in [3.05, 3.63) is 63.9 Å². The normalized spacial score (nSPS) is 12.2. The smallest absolute Gasteiger partial charge is 0.124 e. The van der Waals surface area contributed by atoms with Crippen LogP contribution < -0.4 is 4.74 Å². The first-order valence-corrected chi connectivity index (χ1v) is 8.08. The second-order valence-electron chi connectivity index (χ2n) is 5.02. The van der Waals surface area contributed by atoms with Gasteiger partial charge in [-0.1, -0.05) is 34.1 Å². The Hall–Kier alpha value is -1.06. The van der Waals surface area contributed by atoms with E-state index >= 15 is 0 Å². The lowest BCUT2D eigenvalue weighted by molar-refractivity contribution is 0.414. The first-order chi connectivity index (χ1) is 10.1. The molecule has 0 saturated carbocycles. The van der Waals surface area contributed by atoms with Gasteiger partial charge < -0.3 is 4.74 Å². The topological polar surface area (TPSA) is 9.23 Å². The molecule has 0 saturated heterocycles. The van der Waals surface area contributed by atoms with E-state index in [-0.39, 0.29) is 5.82 Å². The van der Waals surface area contributed by atoms with Gasteiger partial charge in [0.05, 0.1) is 7.11 Å². The largest absolute Gasteiger partial charge is 0.497 e. The molecule has 2 aromatic carbocycles. The van der Waals surface area contributed by atoms with E-state index < -0.39 is 0 Å². The van der Waals surface area contributed by atoms with E-state index in [0.29, 0.717) is 11.8 Å². The molecule has 0 heterocycles. The van der Waals surface area contributed by atoms with Crippen LogP contribution in [0.5, 0.6) is 5.75 Å². The quantitative estimate of drug-likeness (QED) is 0.631. The molecule has 0 fully saturated rings. The van der Waals surface area contributed by atoms with Crippen LogP contribution in [-0.4, -0.2) is 13.0 Å². The van der Waals surface area contributed by atoms with Gasteiger partial charge in [-0.05, 0) is 54.2 Å². The van der Waals surface area contributed by atoms with Gasteiger partial charge in [-0.25, -0.2) is 4.39 Å². The third-order valence-corrected chi connectivity index (χ3v) is 4.58. The fourth-order valence-corrected chi connectivity index (χ4v) is 3.04. The average molecular weight is 372 g/mol. The molecule has 0 spiro atoms. The second-order valence-corrected chi connectivity index (χ2v) is 6.18. The second kappa shape index (κ2) is 7.81. The minimum atomic E-state index is -0.235. The molecule has 0 amide bonds. The fourth-order valence-electron chi connectivity index (χ4n) is 2.31. The summed E-state index contributed by atoms with van der Waals surface area (Å²) >= 11 is 9.51. The Morgan fingerprint density at radius 3 is 2.67 bits per heavy atom. The predicted molar refractivity (Wildman–Crippen MR) is 88.7 cm³/mol. The summed E-state index contributed by atoms with van der Waals surface area (Å²) in [5.74, 6) is 1.46. The van der Waals surface area contributed by atoms with Crippen molar-refractivity contribution in [3.8, 4) is 5.75 Å². The Balaban J connectivity index is 2.09. The molecular weight excluding hydrogens is 355 g/mol. The third-order valence-electron chi connectivity index (χ3n) is 3.40. The lowest BCUT2D eigenvalue weighted by atomic mass is 9.94. The maximum Gasteiger partial charge on any atom is 0.124 e. The van der Waals surface area contributed by atoms with Crippen molar-refractivity contribution in [3.63, 3.8) is 0 Å². The van der Waals surface area contributed by atoms with Crippen LogP contribution in [0.4, 0.5) is 4.39 Å². The van der Waals surface area contributed by atoms with Gasteiger partial charge >= 0.3 is 0 Å². The molecule has 1 unspecified atom stereocenters. The van der Waals surface area contributed by atoms with Crippen molar-refractivity contribution in [2.45, 2.75) is 12.8 Å². The summed E-state index contributed by atoms with van der Waals surface area (Å²) in [6.07, 6.45) is 1.67. The number of ether oxygens (including phenoxy) is 1. The standard InChI is InChI=1S/C17H17BrClFO/c1-21-16-4-2-3-12(9-16)7-13(11-19)8-14-5-6-15(20)10-17(14)18/h2-6,9-10,13H,7-8,11H2,1H3. The third kappa shape index (κ3) is 4.72. The highest BCUT2D eigenvalue weighted by Crippen LogP contribution is 2.24. The summed E-state index contributed by atoms with van der Waals surface area (Å²) in [4.78, 5) is 0. The van der Waals surface area contributed by atoms with Crippen molar-refractivity contribution in [2.75, 3.05) is 13.0 Å². The zero-order valence-electron chi connectivity index (χ0n) is 11.8. The van der Waals surface area contributed by atoms with Crippen LogP contribution in [0, 0.1) is 11.7 Å².